The Hall–Kier alpha value is -4.22. The minimum absolute atomic E-state index is 0.0628. The maximum absolute atomic E-state index is 9.90. The van der Waals surface area contributed by atoms with E-state index in [0.717, 1.165) is 0 Å². The number of aliphatic carboxylic acids is 4. The summed E-state index contributed by atoms with van der Waals surface area (Å²) in [5.41, 5.74) is 13.1. The number of carbonyl (C=O) groups is 4. The molecule has 0 unspecified atom stereocenters. The average molecular weight is 509 g/mol. The molecular weight excluding hydrogens is 472 g/mol. The number of aryl methyl sites for hydroxylation is 2. The van der Waals surface area contributed by atoms with E-state index in [0.29, 0.717) is 37.3 Å². The highest BCUT2D eigenvalue weighted by Gasteiger charge is 1.99. The smallest absolute Gasteiger partial charge is 0.303 e. The van der Waals surface area contributed by atoms with Gasteiger partial charge in [-0.05, 0) is 75.6 Å². The van der Waals surface area contributed by atoms with Crippen LogP contribution in [0.3, 0.4) is 0 Å². The molecule has 2 heterocycles. The lowest BCUT2D eigenvalue weighted by Crippen LogP contribution is -2.23. The molecule has 0 aliphatic rings. The van der Waals surface area contributed by atoms with Gasteiger partial charge in [0.2, 0.25) is 0 Å². The van der Waals surface area contributed by atoms with Crippen LogP contribution < -0.4 is 31.6 Å². The van der Waals surface area contributed by atoms with Crippen molar-refractivity contribution in [1.82, 2.24) is 0 Å². The van der Waals surface area contributed by atoms with Gasteiger partial charge in [0.05, 0.1) is 12.4 Å². The second-order valence-corrected chi connectivity index (χ2v) is 7.59. The van der Waals surface area contributed by atoms with E-state index in [9.17, 15) is 29.4 Å². The van der Waals surface area contributed by atoms with Gasteiger partial charge >= 0.3 is 11.9 Å². The topological polar surface area (TPSA) is 235 Å². The number of hydrogen-bond donors (Lipinski definition) is 4. The Morgan fingerprint density at radius 1 is 0.667 bits per heavy atom. The molecule has 36 heavy (non-hydrogen) atoms. The number of nitrogens with one attached hydrogen (secondary N) is 2. The summed E-state index contributed by atoms with van der Waals surface area (Å²) in [5, 5.41) is 35.8. The molecule has 0 spiro atoms. The van der Waals surface area contributed by atoms with Crippen molar-refractivity contribution in [2.24, 2.45) is 0 Å². The van der Waals surface area contributed by atoms with Crippen LogP contribution in [0.25, 0.3) is 0 Å². The molecule has 0 aliphatic heterocycles. The summed E-state index contributed by atoms with van der Waals surface area (Å²) in [6.07, 6.45) is 5.29. The number of pyridine rings is 2. The van der Waals surface area contributed by atoms with E-state index in [2.05, 4.69) is 9.97 Å². The van der Waals surface area contributed by atoms with Gasteiger partial charge in [0, 0.05) is 36.9 Å². The van der Waals surface area contributed by atoms with Crippen LogP contribution in [-0.2, 0) is 19.2 Å². The van der Waals surface area contributed by atoms with Gasteiger partial charge < -0.3 is 30.0 Å². The van der Waals surface area contributed by atoms with Gasteiger partial charge in [-0.2, -0.15) is 0 Å². The molecule has 0 aliphatic carbocycles. The van der Waals surface area contributed by atoms with Gasteiger partial charge in [0.25, 0.3) is 11.6 Å². The molecule has 12 heteroatoms. The number of anilines is 2. The lowest BCUT2D eigenvalue weighted by Gasteiger charge is -2.01. The molecule has 8 N–H and O–H groups in total. The minimum atomic E-state index is -1.14. The van der Waals surface area contributed by atoms with E-state index in [4.69, 9.17) is 21.7 Å². The Morgan fingerprint density at radius 3 is 1.17 bits per heavy atom. The van der Waals surface area contributed by atoms with Crippen molar-refractivity contribution in [1.29, 1.82) is 0 Å². The third kappa shape index (κ3) is 27.8. The van der Waals surface area contributed by atoms with Crippen molar-refractivity contribution in [2.45, 2.75) is 65.2 Å². The van der Waals surface area contributed by atoms with Crippen LogP contribution in [0.15, 0.2) is 36.7 Å². The number of rotatable bonds is 10. The minimum Gasteiger partial charge on any atom is -0.550 e. The highest BCUT2D eigenvalue weighted by atomic mass is 16.4. The highest BCUT2D eigenvalue weighted by molar-refractivity contribution is 5.68. The Balaban J connectivity index is 0. The Labute approximate surface area is 210 Å². The summed E-state index contributed by atoms with van der Waals surface area (Å²) in [5.74, 6) is -2.61. The van der Waals surface area contributed by atoms with E-state index in [-0.39, 0.29) is 25.7 Å². The van der Waals surface area contributed by atoms with Crippen LogP contribution in [0.4, 0.5) is 11.6 Å². The number of H-pyrrole nitrogens is 2. The molecular formula is C24H36N4O8. The van der Waals surface area contributed by atoms with E-state index in [1.807, 2.05) is 50.5 Å². The molecule has 0 atom stereocenters. The van der Waals surface area contributed by atoms with Crippen molar-refractivity contribution in [3.63, 3.8) is 0 Å². The third-order valence-electron chi connectivity index (χ3n) is 4.03. The van der Waals surface area contributed by atoms with Gasteiger partial charge in [0.15, 0.2) is 0 Å². The highest BCUT2D eigenvalue weighted by Crippen LogP contribution is 1.99. The number of carbonyl (C=O) groups excluding carboxylic acids is 2. The Bertz CT molecular complexity index is 754. The number of carboxylic acids is 4. The molecule has 2 aromatic rings. The lowest BCUT2D eigenvalue weighted by molar-refractivity contribution is -0.361. The maximum Gasteiger partial charge on any atom is 0.303 e. The first kappa shape index (κ1) is 34.0. The van der Waals surface area contributed by atoms with Crippen molar-refractivity contribution < 1.29 is 49.6 Å². The first-order chi connectivity index (χ1) is 16.8. The van der Waals surface area contributed by atoms with Crippen LogP contribution in [0.2, 0.25) is 0 Å². The summed E-state index contributed by atoms with van der Waals surface area (Å²) < 4.78 is 0. The quantitative estimate of drug-likeness (QED) is 0.301. The van der Waals surface area contributed by atoms with Crippen molar-refractivity contribution >= 4 is 35.5 Å². The molecule has 0 bridgehead atoms. The molecule has 0 aromatic carbocycles. The van der Waals surface area contributed by atoms with E-state index in [1.165, 1.54) is 11.1 Å². The van der Waals surface area contributed by atoms with Crippen LogP contribution in [-0.4, -0.2) is 34.1 Å². The maximum atomic E-state index is 9.90. The van der Waals surface area contributed by atoms with E-state index < -0.39 is 23.9 Å². The zero-order valence-corrected chi connectivity index (χ0v) is 20.6. The summed E-state index contributed by atoms with van der Waals surface area (Å²) in [6.45, 7) is 4.02. The predicted molar refractivity (Wildman–Crippen MR) is 127 cm³/mol. The molecule has 2 aromatic heterocycles. The summed E-state index contributed by atoms with van der Waals surface area (Å²) in [7, 11) is 0. The summed E-state index contributed by atoms with van der Waals surface area (Å²) >= 11 is 0. The second-order valence-electron chi connectivity index (χ2n) is 7.59. The SMILES string of the molecule is Cc1ccc(N)[nH+]c1.Cc1ccc(N)[nH+]c1.O=C(O)CCCCC(=O)O.O=C([O-])CCCCC(=O)[O-]. The van der Waals surface area contributed by atoms with Crippen LogP contribution >= 0.6 is 0 Å². The first-order valence-corrected chi connectivity index (χ1v) is 11.1. The van der Waals surface area contributed by atoms with Crippen molar-refractivity contribution in [3.8, 4) is 0 Å². The van der Waals surface area contributed by atoms with Crippen molar-refractivity contribution in [2.75, 3.05) is 11.5 Å². The zero-order valence-electron chi connectivity index (χ0n) is 20.6. The van der Waals surface area contributed by atoms with Crippen LogP contribution in [0.5, 0.6) is 0 Å². The van der Waals surface area contributed by atoms with E-state index >= 15 is 0 Å². The fourth-order valence-electron chi connectivity index (χ4n) is 2.12. The molecule has 0 saturated heterocycles. The fraction of sp³-hybridized carbons (Fsp3) is 0.417. The summed E-state index contributed by atoms with van der Waals surface area (Å²) in [4.78, 5) is 45.1. The van der Waals surface area contributed by atoms with Gasteiger partial charge in [-0.1, -0.05) is 0 Å². The molecule has 0 saturated carbocycles. The van der Waals surface area contributed by atoms with Gasteiger partial charge in [0.1, 0.15) is 0 Å². The normalized spacial score (nSPS) is 9.17. The predicted octanol–water partition coefficient (Wildman–Crippen LogP) is -0.455. The number of nitrogen functional groups attached to an aromatic ring is 2. The lowest BCUT2D eigenvalue weighted by atomic mass is 10.2. The van der Waals surface area contributed by atoms with Crippen molar-refractivity contribution in [3.05, 3.63) is 47.8 Å². The zero-order chi connectivity index (χ0) is 27.9. The molecule has 0 amide bonds. The van der Waals surface area contributed by atoms with E-state index in [1.54, 1.807) is 0 Å². The first-order valence-electron chi connectivity index (χ1n) is 11.1. The van der Waals surface area contributed by atoms with Crippen LogP contribution in [0.1, 0.15) is 62.5 Å². The van der Waals surface area contributed by atoms with Gasteiger partial charge in [-0.3, -0.25) is 21.1 Å². The average Bonchev–Trinajstić information content (AvgIpc) is 2.79. The Kier molecular flexibility index (Phi) is 20.1. The van der Waals surface area contributed by atoms with Crippen LogP contribution in [0, 0.1) is 13.8 Å². The summed E-state index contributed by atoms with van der Waals surface area (Å²) in [6, 6.07) is 7.61. The van der Waals surface area contributed by atoms with Gasteiger partial charge in [-0.15, -0.1) is 0 Å². The van der Waals surface area contributed by atoms with Gasteiger partial charge in [-0.25, -0.2) is 9.97 Å². The molecule has 2 rings (SSSR count). The number of unbranched alkanes of at least 4 members (excludes halogenated alkanes) is 2. The number of hydrogen-bond acceptors (Lipinski definition) is 8. The molecule has 0 radical (unpaired) electrons. The molecule has 12 nitrogen and oxygen atoms in total. The second kappa shape index (κ2) is 21.3. The number of nitrogens with two attached hydrogens (primary N) is 2. The fourth-order valence-corrected chi connectivity index (χ4v) is 2.12. The monoisotopic (exact) mass is 508 g/mol. The third-order valence-corrected chi connectivity index (χ3v) is 4.03. The number of aromatic amines is 2. The Morgan fingerprint density at radius 2 is 0.972 bits per heavy atom. The standard InChI is InChI=1S/2C6H8N2.2C6H10O4/c2*1-5-2-3-6(7)8-4-5;2*7-5(8)3-1-2-4-6(9)10/h2*2-4H,1H3,(H2,7,8);2*1-4H2,(H,7,8)(H,9,10). The molecule has 200 valence electrons. The largest absolute Gasteiger partial charge is 0.550 e. The number of carboxylic acid groups (broad SMARTS) is 4. The number of aromatic nitrogens is 2. The molecule has 0 fully saturated rings.